The minimum atomic E-state index is -0.214. The normalized spacial score (nSPS) is 17.7. The molecule has 0 saturated carbocycles. The molecule has 0 fully saturated rings. The number of amides is 1. The third-order valence-corrected chi connectivity index (χ3v) is 5.23. The Morgan fingerprint density at radius 3 is 2.62 bits per heavy atom. The van der Waals surface area contributed by atoms with Gasteiger partial charge in [-0.1, -0.05) is 25.9 Å². The highest BCUT2D eigenvalue weighted by molar-refractivity contribution is 6.04. The predicted molar refractivity (Wildman–Crippen MR) is 92.1 cm³/mol. The minimum Gasteiger partial charge on any atom is -0.360 e. The molecule has 0 radical (unpaired) electrons. The lowest BCUT2D eigenvalue weighted by molar-refractivity contribution is 0.101. The lowest BCUT2D eigenvalue weighted by atomic mass is 9.71. The number of anilines is 1. The first-order valence-corrected chi connectivity index (χ1v) is 8.47. The monoisotopic (exact) mass is 330 g/mol. The average Bonchev–Trinajstić information content (AvgIpc) is 3.02. The Labute approximate surface area is 142 Å². The highest BCUT2D eigenvalue weighted by Crippen LogP contribution is 2.38. The van der Waals surface area contributed by atoms with Gasteiger partial charge in [0.2, 0.25) is 0 Å². The van der Waals surface area contributed by atoms with E-state index in [-0.39, 0.29) is 11.3 Å². The molecule has 24 heavy (non-hydrogen) atoms. The Morgan fingerprint density at radius 1 is 1.33 bits per heavy atom. The number of aryl methyl sites for hydroxylation is 3. The fraction of sp³-hybridized carbons (Fsp3) is 0.611. The summed E-state index contributed by atoms with van der Waals surface area (Å²) in [5, 5.41) is 11.4. The average molecular weight is 330 g/mol. The van der Waals surface area contributed by atoms with Crippen LogP contribution in [-0.4, -0.2) is 20.8 Å². The van der Waals surface area contributed by atoms with Gasteiger partial charge in [0.25, 0.3) is 5.91 Å². The molecule has 0 bridgehead atoms. The van der Waals surface area contributed by atoms with E-state index in [1.165, 1.54) is 0 Å². The number of nitrogens with one attached hydrogen (secondary N) is 1. The van der Waals surface area contributed by atoms with Crippen LogP contribution in [-0.2, 0) is 19.9 Å². The molecule has 2 aromatic rings. The zero-order chi connectivity index (χ0) is 17.6. The van der Waals surface area contributed by atoms with Crippen LogP contribution in [0, 0.1) is 25.2 Å². The summed E-state index contributed by atoms with van der Waals surface area (Å²) >= 11 is 0. The van der Waals surface area contributed by atoms with Crippen molar-refractivity contribution in [2.24, 2.45) is 18.4 Å². The second-order valence-electron chi connectivity index (χ2n) is 7.86. The molecule has 0 aromatic carbocycles. The molecular weight excluding hydrogens is 304 g/mol. The molecule has 0 saturated heterocycles. The molecular formula is C18H26N4O2. The summed E-state index contributed by atoms with van der Waals surface area (Å²) in [4.78, 5) is 12.7. The van der Waals surface area contributed by atoms with Gasteiger partial charge in [0.1, 0.15) is 5.76 Å². The Balaban J connectivity index is 1.86. The molecule has 2 aromatic heterocycles. The van der Waals surface area contributed by atoms with E-state index < -0.39 is 0 Å². The number of nitrogens with zero attached hydrogens (tertiary/aromatic N) is 3. The van der Waals surface area contributed by atoms with Gasteiger partial charge in [-0.25, -0.2) is 0 Å². The van der Waals surface area contributed by atoms with Gasteiger partial charge in [0, 0.05) is 19.0 Å². The summed E-state index contributed by atoms with van der Waals surface area (Å²) in [5.74, 6) is 1.17. The summed E-state index contributed by atoms with van der Waals surface area (Å²) in [5.41, 5.74) is 4.07. The van der Waals surface area contributed by atoms with E-state index in [0.29, 0.717) is 11.6 Å². The topological polar surface area (TPSA) is 73.0 Å². The fourth-order valence-corrected chi connectivity index (χ4v) is 3.45. The van der Waals surface area contributed by atoms with Crippen molar-refractivity contribution in [1.29, 1.82) is 0 Å². The zero-order valence-electron chi connectivity index (χ0n) is 15.4. The van der Waals surface area contributed by atoms with E-state index in [4.69, 9.17) is 4.52 Å². The fourth-order valence-electron chi connectivity index (χ4n) is 3.45. The molecule has 0 spiro atoms. The van der Waals surface area contributed by atoms with Gasteiger partial charge < -0.3 is 9.84 Å². The lowest BCUT2D eigenvalue weighted by Gasteiger charge is -2.33. The predicted octanol–water partition coefficient (Wildman–Crippen LogP) is 3.43. The number of fused-ring (bicyclic) bond motifs is 1. The van der Waals surface area contributed by atoms with Gasteiger partial charge in [0.05, 0.1) is 17.1 Å². The summed E-state index contributed by atoms with van der Waals surface area (Å²) in [6.45, 7) is 10.6. The largest absolute Gasteiger partial charge is 0.360 e. The van der Waals surface area contributed by atoms with Crippen molar-refractivity contribution in [2.45, 2.75) is 53.9 Å². The van der Waals surface area contributed by atoms with Gasteiger partial charge in [-0.05, 0) is 38.0 Å². The van der Waals surface area contributed by atoms with E-state index >= 15 is 0 Å². The maximum absolute atomic E-state index is 12.7. The van der Waals surface area contributed by atoms with Crippen molar-refractivity contribution in [3.63, 3.8) is 0 Å². The van der Waals surface area contributed by atoms with Crippen molar-refractivity contribution >= 4 is 11.6 Å². The number of carbonyl (C=O) groups is 1. The molecule has 1 amide bonds. The highest BCUT2D eigenvalue weighted by atomic mass is 16.5. The maximum Gasteiger partial charge on any atom is 0.278 e. The van der Waals surface area contributed by atoms with E-state index in [0.717, 1.165) is 47.7 Å². The van der Waals surface area contributed by atoms with Crippen molar-refractivity contribution in [1.82, 2.24) is 14.9 Å². The van der Waals surface area contributed by atoms with Crippen molar-refractivity contribution in [3.05, 3.63) is 28.4 Å². The van der Waals surface area contributed by atoms with Crippen LogP contribution in [0.15, 0.2) is 4.52 Å². The van der Waals surface area contributed by atoms with Gasteiger partial charge in [-0.15, -0.1) is 0 Å². The van der Waals surface area contributed by atoms with Crippen LogP contribution in [0.1, 0.15) is 60.4 Å². The van der Waals surface area contributed by atoms with Gasteiger partial charge in [-0.3, -0.25) is 9.48 Å². The van der Waals surface area contributed by atoms with Crippen molar-refractivity contribution < 1.29 is 9.32 Å². The molecule has 1 aliphatic rings. The summed E-state index contributed by atoms with van der Waals surface area (Å²) < 4.78 is 7.20. The van der Waals surface area contributed by atoms with E-state index in [1.807, 2.05) is 20.9 Å². The summed E-state index contributed by atoms with van der Waals surface area (Å²) in [6, 6.07) is 0. The Hall–Kier alpha value is -2.11. The first-order chi connectivity index (χ1) is 11.2. The lowest BCUT2D eigenvalue weighted by Crippen LogP contribution is -2.27. The Bertz CT molecular complexity index is 780. The molecule has 6 heteroatoms. The number of carbonyl (C=O) groups excluding carboxylic acids is 1. The molecule has 0 aliphatic heterocycles. The van der Waals surface area contributed by atoms with Crippen molar-refractivity contribution in [2.75, 3.05) is 5.32 Å². The first kappa shape index (κ1) is 16.7. The minimum absolute atomic E-state index is 0.208. The second-order valence-corrected chi connectivity index (χ2v) is 7.86. The van der Waals surface area contributed by atoms with E-state index in [2.05, 4.69) is 36.3 Å². The summed E-state index contributed by atoms with van der Waals surface area (Å²) in [6.07, 6.45) is 2.77. The highest BCUT2D eigenvalue weighted by Gasteiger charge is 2.34. The number of aromatic nitrogens is 3. The van der Waals surface area contributed by atoms with E-state index in [9.17, 15) is 4.79 Å². The van der Waals surface area contributed by atoms with Crippen LogP contribution in [0.3, 0.4) is 0 Å². The molecule has 3 rings (SSSR count). The van der Waals surface area contributed by atoms with Crippen LogP contribution in [0.5, 0.6) is 0 Å². The number of hydrogen-bond acceptors (Lipinski definition) is 4. The Morgan fingerprint density at radius 2 is 2.04 bits per heavy atom. The van der Waals surface area contributed by atoms with Crippen LogP contribution >= 0.6 is 0 Å². The van der Waals surface area contributed by atoms with Gasteiger partial charge in [-0.2, -0.15) is 5.10 Å². The molecule has 1 N–H and O–H groups in total. The second kappa shape index (κ2) is 5.76. The van der Waals surface area contributed by atoms with Crippen LogP contribution in [0.2, 0.25) is 0 Å². The Kier molecular flexibility index (Phi) is 4.01. The molecule has 1 atom stereocenters. The number of rotatable bonds is 2. The van der Waals surface area contributed by atoms with Crippen LogP contribution < -0.4 is 5.32 Å². The summed E-state index contributed by atoms with van der Waals surface area (Å²) in [7, 11) is 1.86. The van der Waals surface area contributed by atoms with Crippen LogP contribution in [0.25, 0.3) is 0 Å². The molecule has 130 valence electrons. The smallest absolute Gasteiger partial charge is 0.278 e. The first-order valence-electron chi connectivity index (χ1n) is 8.47. The third kappa shape index (κ3) is 2.85. The van der Waals surface area contributed by atoms with E-state index in [1.54, 1.807) is 4.68 Å². The van der Waals surface area contributed by atoms with Gasteiger partial charge >= 0.3 is 0 Å². The SMILES string of the molecule is Cc1nn(C)c(C)c1NC(=O)c1noc2c1CC(C(C)(C)C)CC2. The maximum atomic E-state index is 12.7. The van der Waals surface area contributed by atoms with Crippen molar-refractivity contribution in [3.8, 4) is 0 Å². The third-order valence-electron chi connectivity index (χ3n) is 5.23. The molecule has 2 heterocycles. The van der Waals surface area contributed by atoms with Crippen LogP contribution in [0.4, 0.5) is 5.69 Å². The standard InChI is InChI=1S/C18H26N4O2/c1-10-15(11(2)22(6)20-10)19-17(23)16-13-9-12(18(3,4)5)7-8-14(13)24-21-16/h12H,7-9H2,1-6H3,(H,19,23). The molecule has 1 unspecified atom stereocenters. The molecule has 6 nitrogen and oxygen atoms in total. The quantitative estimate of drug-likeness (QED) is 0.915. The zero-order valence-corrected chi connectivity index (χ0v) is 15.4. The molecule has 1 aliphatic carbocycles. The van der Waals surface area contributed by atoms with Gasteiger partial charge in [0.15, 0.2) is 5.69 Å². The number of hydrogen-bond donors (Lipinski definition) is 1.